The van der Waals surface area contributed by atoms with Crippen LogP contribution >= 0.6 is 0 Å². The minimum atomic E-state index is -0.989. The van der Waals surface area contributed by atoms with Gasteiger partial charge in [-0.1, -0.05) is 56.2 Å². The van der Waals surface area contributed by atoms with Crippen LogP contribution in [0.3, 0.4) is 0 Å². The first-order valence-electron chi connectivity index (χ1n) is 8.19. The number of aliphatic carboxylic acids is 1. The van der Waals surface area contributed by atoms with Gasteiger partial charge >= 0.3 is 5.97 Å². The molecule has 0 bridgehead atoms. The number of allylic oxidation sites excluding steroid dienone is 5. The van der Waals surface area contributed by atoms with Gasteiger partial charge in [-0.25, -0.2) is 4.79 Å². The highest BCUT2D eigenvalue weighted by atomic mass is 16.5. The first-order valence-corrected chi connectivity index (χ1v) is 8.19. The summed E-state index contributed by atoms with van der Waals surface area (Å²) in [6, 6.07) is 0. The first-order chi connectivity index (χ1) is 10.7. The molecule has 0 heterocycles. The number of unbranched alkanes of at least 4 members (excludes halogenated alkanes) is 3. The third kappa shape index (κ3) is 13.6. The third-order valence-corrected chi connectivity index (χ3v) is 3.07. The molecule has 0 amide bonds. The van der Waals surface area contributed by atoms with Crippen LogP contribution in [-0.4, -0.2) is 31.0 Å². The quantitative estimate of drug-likeness (QED) is 0.289. The minimum absolute atomic E-state index is 0.401. The summed E-state index contributed by atoms with van der Waals surface area (Å²) < 4.78 is 5.16. The average molecular weight is 309 g/mol. The molecule has 0 aromatic heterocycles. The zero-order valence-corrected chi connectivity index (χ0v) is 14.0. The maximum Gasteiger partial charge on any atom is 0.348 e. The van der Waals surface area contributed by atoms with Crippen LogP contribution in [0.4, 0.5) is 0 Å². The monoisotopic (exact) mass is 309 g/mol. The number of rotatable bonds is 14. The lowest BCUT2D eigenvalue weighted by atomic mass is 10.2. The van der Waals surface area contributed by atoms with Crippen molar-refractivity contribution in [1.82, 2.24) is 5.32 Å². The highest BCUT2D eigenvalue weighted by Crippen LogP contribution is 2.00. The fraction of sp³-hybridized carbons (Fsp3) is 0.611. The van der Waals surface area contributed by atoms with Crippen molar-refractivity contribution in [2.75, 3.05) is 13.7 Å². The molecule has 0 radical (unpaired) electrons. The van der Waals surface area contributed by atoms with E-state index in [1.54, 1.807) is 7.05 Å². The second-order valence-corrected chi connectivity index (χ2v) is 5.05. The number of hydrogen-bond donors (Lipinski definition) is 2. The molecule has 0 aliphatic heterocycles. The van der Waals surface area contributed by atoms with E-state index in [4.69, 9.17) is 9.84 Å². The van der Waals surface area contributed by atoms with E-state index in [9.17, 15) is 4.79 Å². The third-order valence-electron chi connectivity index (χ3n) is 3.07. The fourth-order valence-electron chi connectivity index (χ4n) is 1.82. The SMILES string of the molecule is CCCCC/C=C\C/C=C\C/C=C\CCOC(NC)C(=O)O. The summed E-state index contributed by atoms with van der Waals surface area (Å²) in [6.07, 6.45) is 19.6. The molecule has 4 nitrogen and oxygen atoms in total. The lowest BCUT2D eigenvalue weighted by molar-refractivity contribution is -0.152. The standard InChI is InChI=1S/C18H31NO3/c1-3-4-5-6-7-8-9-10-11-12-13-14-15-16-22-17(19-2)18(20)21/h7-8,10-11,13-14,17,19H,3-6,9,12,15-16H2,1-2H3,(H,20,21)/b8-7-,11-10-,14-13-. The molecule has 0 aromatic carbocycles. The maximum absolute atomic E-state index is 10.7. The van der Waals surface area contributed by atoms with Gasteiger partial charge in [0.2, 0.25) is 6.23 Å². The summed E-state index contributed by atoms with van der Waals surface area (Å²) in [5, 5.41) is 11.3. The van der Waals surface area contributed by atoms with Crippen LogP contribution in [0.2, 0.25) is 0 Å². The maximum atomic E-state index is 10.7. The molecule has 0 spiro atoms. The molecule has 2 N–H and O–H groups in total. The molecule has 0 aromatic rings. The van der Waals surface area contributed by atoms with E-state index < -0.39 is 12.2 Å². The summed E-state index contributed by atoms with van der Waals surface area (Å²) in [7, 11) is 1.57. The molecule has 0 aliphatic carbocycles. The number of carboxylic acid groups (broad SMARTS) is 1. The van der Waals surface area contributed by atoms with Crippen molar-refractivity contribution >= 4 is 5.97 Å². The van der Waals surface area contributed by atoms with E-state index in [0.717, 1.165) is 19.3 Å². The topological polar surface area (TPSA) is 58.6 Å². The number of nitrogens with one attached hydrogen (secondary N) is 1. The molecule has 1 unspecified atom stereocenters. The van der Waals surface area contributed by atoms with Gasteiger partial charge < -0.3 is 9.84 Å². The molecule has 0 aliphatic rings. The molecule has 1 atom stereocenters. The minimum Gasteiger partial charge on any atom is -0.478 e. The Hall–Kier alpha value is -1.39. The number of hydrogen-bond acceptors (Lipinski definition) is 3. The summed E-state index contributed by atoms with van der Waals surface area (Å²) in [5.74, 6) is -0.989. The van der Waals surface area contributed by atoms with Crippen LogP contribution in [0.25, 0.3) is 0 Å². The molecule has 0 fully saturated rings. The lowest BCUT2D eigenvalue weighted by Crippen LogP contribution is -2.36. The summed E-state index contributed by atoms with van der Waals surface area (Å²) >= 11 is 0. The van der Waals surface area contributed by atoms with Gasteiger partial charge in [0.25, 0.3) is 0 Å². The number of carboxylic acids is 1. The average Bonchev–Trinajstić information content (AvgIpc) is 2.51. The van der Waals surface area contributed by atoms with Gasteiger partial charge in [-0.2, -0.15) is 0 Å². The Balaban J connectivity index is 3.50. The van der Waals surface area contributed by atoms with Crippen molar-refractivity contribution in [3.63, 3.8) is 0 Å². The molecule has 0 rings (SSSR count). The van der Waals surface area contributed by atoms with Gasteiger partial charge in [0.05, 0.1) is 6.61 Å². The molecular formula is C18H31NO3. The van der Waals surface area contributed by atoms with Crippen molar-refractivity contribution in [1.29, 1.82) is 0 Å². The van der Waals surface area contributed by atoms with Crippen LogP contribution < -0.4 is 5.32 Å². The Kier molecular flexibility index (Phi) is 15.0. The van der Waals surface area contributed by atoms with Gasteiger partial charge in [-0.15, -0.1) is 0 Å². The zero-order valence-electron chi connectivity index (χ0n) is 14.0. The van der Waals surface area contributed by atoms with Gasteiger partial charge in [-0.05, 0) is 39.2 Å². The predicted octanol–water partition coefficient (Wildman–Crippen LogP) is 4.05. The highest BCUT2D eigenvalue weighted by molar-refractivity contribution is 5.71. The number of carbonyl (C=O) groups is 1. The van der Waals surface area contributed by atoms with E-state index in [0.29, 0.717) is 6.61 Å². The van der Waals surface area contributed by atoms with E-state index >= 15 is 0 Å². The Morgan fingerprint density at radius 2 is 1.64 bits per heavy atom. The Bertz CT molecular complexity index is 348. The molecule has 22 heavy (non-hydrogen) atoms. The van der Waals surface area contributed by atoms with E-state index in [1.807, 2.05) is 6.08 Å². The Labute approximate surface area is 134 Å². The Morgan fingerprint density at radius 3 is 2.18 bits per heavy atom. The molecule has 4 heteroatoms. The molecule has 126 valence electrons. The van der Waals surface area contributed by atoms with Crippen LogP contribution in [0, 0.1) is 0 Å². The van der Waals surface area contributed by atoms with Crippen molar-refractivity contribution < 1.29 is 14.6 Å². The van der Waals surface area contributed by atoms with E-state index in [2.05, 4.69) is 42.6 Å². The largest absolute Gasteiger partial charge is 0.478 e. The van der Waals surface area contributed by atoms with Crippen molar-refractivity contribution in [3.05, 3.63) is 36.5 Å². The van der Waals surface area contributed by atoms with Gasteiger partial charge in [0.1, 0.15) is 0 Å². The van der Waals surface area contributed by atoms with Crippen molar-refractivity contribution in [2.24, 2.45) is 0 Å². The molecule has 0 saturated carbocycles. The Morgan fingerprint density at radius 1 is 1.05 bits per heavy atom. The molecular weight excluding hydrogens is 278 g/mol. The van der Waals surface area contributed by atoms with Crippen LogP contribution in [-0.2, 0) is 9.53 Å². The zero-order chi connectivity index (χ0) is 16.5. The second kappa shape index (κ2) is 16.0. The normalized spacial score (nSPS) is 13.5. The van der Waals surface area contributed by atoms with Crippen LogP contribution in [0.5, 0.6) is 0 Å². The van der Waals surface area contributed by atoms with Crippen LogP contribution in [0.15, 0.2) is 36.5 Å². The highest BCUT2D eigenvalue weighted by Gasteiger charge is 2.13. The van der Waals surface area contributed by atoms with Gasteiger partial charge in [0, 0.05) is 0 Å². The smallest absolute Gasteiger partial charge is 0.348 e. The van der Waals surface area contributed by atoms with Gasteiger partial charge in [0.15, 0.2) is 0 Å². The predicted molar refractivity (Wildman–Crippen MR) is 91.8 cm³/mol. The van der Waals surface area contributed by atoms with Crippen molar-refractivity contribution in [3.8, 4) is 0 Å². The lowest BCUT2D eigenvalue weighted by Gasteiger charge is -2.10. The summed E-state index contributed by atoms with van der Waals surface area (Å²) in [4.78, 5) is 10.7. The van der Waals surface area contributed by atoms with Crippen LogP contribution in [0.1, 0.15) is 51.9 Å². The van der Waals surface area contributed by atoms with Crippen molar-refractivity contribution in [2.45, 2.75) is 58.1 Å². The first kappa shape index (κ1) is 20.6. The van der Waals surface area contributed by atoms with Gasteiger partial charge in [-0.3, -0.25) is 5.32 Å². The fourth-order valence-corrected chi connectivity index (χ4v) is 1.82. The summed E-state index contributed by atoms with van der Waals surface area (Å²) in [6.45, 7) is 2.62. The number of ether oxygens (including phenoxy) is 1. The number of likely N-dealkylation sites (N-methyl/N-ethyl adjacent to an activating group) is 1. The van der Waals surface area contributed by atoms with E-state index in [1.165, 1.54) is 25.7 Å². The second-order valence-electron chi connectivity index (χ2n) is 5.05. The van der Waals surface area contributed by atoms with E-state index in [-0.39, 0.29) is 0 Å². The summed E-state index contributed by atoms with van der Waals surface area (Å²) in [5.41, 5.74) is 0. The molecule has 0 saturated heterocycles.